The van der Waals surface area contributed by atoms with Gasteiger partial charge in [0.25, 0.3) is 0 Å². The van der Waals surface area contributed by atoms with Gasteiger partial charge >= 0.3 is 0 Å². The van der Waals surface area contributed by atoms with Crippen molar-refractivity contribution >= 4 is 21.6 Å². The van der Waals surface area contributed by atoms with Crippen LogP contribution < -0.4 is 0 Å². The minimum absolute atomic E-state index is 0.179. The van der Waals surface area contributed by atoms with Crippen LogP contribution in [0.25, 0.3) is 0 Å². The molecule has 102 valence electrons. The second-order valence-electron chi connectivity index (χ2n) is 4.34. The van der Waals surface area contributed by atoms with Crippen molar-refractivity contribution in [2.75, 3.05) is 31.9 Å². The van der Waals surface area contributed by atoms with Gasteiger partial charge in [-0.05, 0) is 25.4 Å². The van der Waals surface area contributed by atoms with Crippen LogP contribution in [0.15, 0.2) is 5.38 Å². The molecule has 1 aromatic rings. The largest absolute Gasteiger partial charge is 0.292 e. The van der Waals surface area contributed by atoms with E-state index in [1.54, 1.807) is 11.2 Å². The predicted molar refractivity (Wildman–Crippen MR) is 70.9 cm³/mol. The third kappa shape index (κ3) is 2.87. The number of rotatable bonds is 4. The van der Waals surface area contributed by atoms with Crippen molar-refractivity contribution < 1.29 is 8.42 Å². The summed E-state index contributed by atoms with van der Waals surface area (Å²) in [5, 5.41) is 6.01. The Labute approximate surface area is 112 Å². The number of sulfonamides is 1. The molecular weight excluding hydrogens is 272 g/mol. The van der Waals surface area contributed by atoms with Crippen molar-refractivity contribution in [2.45, 2.75) is 19.9 Å². The van der Waals surface area contributed by atoms with Crippen molar-refractivity contribution in [1.29, 1.82) is 0 Å². The lowest BCUT2D eigenvalue weighted by Crippen LogP contribution is -2.49. The molecule has 8 heteroatoms. The summed E-state index contributed by atoms with van der Waals surface area (Å²) >= 11 is 1.35. The molecule has 0 amide bonds. The third-order valence-corrected chi connectivity index (χ3v) is 5.79. The van der Waals surface area contributed by atoms with Gasteiger partial charge in [0.05, 0.1) is 17.5 Å². The maximum Gasteiger partial charge on any atom is 0.213 e. The number of hydrogen-bond donors (Lipinski definition) is 0. The van der Waals surface area contributed by atoms with E-state index >= 15 is 0 Å². The van der Waals surface area contributed by atoms with Crippen LogP contribution in [0, 0.1) is 0 Å². The summed E-state index contributed by atoms with van der Waals surface area (Å²) in [6.07, 6.45) is 0. The summed E-state index contributed by atoms with van der Waals surface area (Å²) in [5.74, 6) is 0.179. The van der Waals surface area contributed by atoms with E-state index in [0.29, 0.717) is 13.1 Å². The monoisotopic (exact) mass is 290 g/mol. The van der Waals surface area contributed by atoms with E-state index < -0.39 is 10.0 Å². The summed E-state index contributed by atoms with van der Waals surface area (Å²) < 4.78 is 28.9. The first kappa shape index (κ1) is 13.9. The first-order chi connectivity index (χ1) is 8.54. The van der Waals surface area contributed by atoms with Crippen LogP contribution >= 0.6 is 11.5 Å². The van der Waals surface area contributed by atoms with E-state index in [1.165, 1.54) is 11.5 Å². The smallest absolute Gasteiger partial charge is 0.213 e. The lowest BCUT2D eigenvalue weighted by molar-refractivity contribution is 0.143. The molecule has 0 bridgehead atoms. The minimum Gasteiger partial charge on any atom is -0.292 e. The second kappa shape index (κ2) is 5.60. The molecule has 1 unspecified atom stereocenters. The molecule has 1 fully saturated rings. The molecule has 2 rings (SSSR count). The quantitative estimate of drug-likeness (QED) is 0.811. The van der Waals surface area contributed by atoms with E-state index in [2.05, 4.69) is 21.4 Å². The zero-order valence-electron chi connectivity index (χ0n) is 10.6. The number of hydrogen-bond acceptors (Lipinski definition) is 6. The predicted octanol–water partition coefficient (Wildman–Crippen LogP) is 0.566. The Hall–Kier alpha value is -0.570. The first-order valence-electron chi connectivity index (χ1n) is 6.03. The van der Waals surface area contributed by atoms with Crippen molar-refractivity contribution in [2.24, 2.45) is 0 Å². The lowest BCUT2D eigenvalue weighted by Gasteiger charge is -2.36. The van der Waals surface area contributed by atoms with Crippen molar-refractivity contribution in [1.82, 2.24) is 18.8 Å². The number of aromatic nitrogens is 2. The summed E-state index contributed by atoms with van der Waals surface area (Å²) in [6, 6.07) is 0.204. The molecule has 6 nitrogen and oxygen atoms in total. The Bertz CT molecular complexity index is 466. The van der Waals surface area contributed by atoms with Crippen LogP contribution in [0.5, 0.6) is 0 Å². The maximum atomic E-state index is 11.7. The Morgan fingerprint density at radius 3 is 2.56 bits per heavy atom. The molecule has 1 aliphatic heterocycles. The van der Waals surface area contributed by atoms with E-state index in [1.807, 2.05) is 5.38 Å². The average molecular weight is 290 g/mol. The van der Waals surface area contributed by atoms with Crippen LogP contribution in [0.3, 0.4) is 0 Å². The standard InChI is InChI=1S/C10H18N4O2S2/c1-3-18(15,16)14-6-4-13(5-7-14)9(2)10-8-17-12-11-10/h8-9H,3-7H2,1-2H3. The lowest BCUT2D eigenvalue weighted by atomic mass is 10.2. The van der Waals surface area contributed by atoms with Gasteiger partial charge in [-0.3, -0.25) is 4.90 Å². The van der Waals surface area contributed by atoms with Gasteiger partial charge in [-0.2, -0.15) is 4.31 Å². The molecule has 0 radical (unpaired) electrons. The van der Waals surface area contributed by atoms with Gasteiger partial charge in [0.1, 0.15) is 0 Å². The maximum absolute atomic E-state index is 11.7. The molecular formula is C10H18N4O2S2. The molecule has 2 heterocycles. The zero-order chi connectivity index (χ0) is 13.2. The summed E-state index contributed by atoms with van der Waals surface area (Å²) in [5.41, 5.74) is 0.965. The molecule has 0 aromatic carbocycles. The molecule has 1 aromatic heterocycles. The van der Waals surface area contributed by atoms with Gasteiger partial charge in [0.15, 0.2) is 0 Å². The van der Waals surface area contributed by atoms with Gasteiger partial charge in [-0.15, -0.1) is 5.10 Å². The molecule has 0 spiro atoms. The Morgan fingerprint density at radius 1 is 1.39 bits per heavy atom. The van der Waals surface area contributed by atoms with Gasteiger partial charge < -0.3 is 0 Å². The van der Waals surface area contributed by atoms with Crippen LogP contribution in [0.2, 0.25) is 0 Å². The van der Waals surface area contributed by atoms with Crippen LogP contribution in [0.4, 0.5) is 0 Å². The fourth-order valence-corrected chi connectivity index (χ4v) is 3.72. The second-order valence-corrected chi connectivity index (χ2v) is 7.21. The molecule has 0 aliphatic carbocycles. The molecule has 18 heavy (non-hydrogen) atoms. The van der Waals surface area contributed by atoms with Gasteiger partial charge in [0.2, 0.25) is 10.0 Å². The van der Waals surface area contributed by atoms with Gasteiger partial charge in [-0.1, -0.05) is 4.49 Å². The number of nitrogens with zero attached hydrogens (tertiary/aromatic N) is 4. The van der Waals surface area contributed by atoms with Crippen molar-refractivity contribution in [3.05, 3.63) is 11.1 Å². The van der Waals surface area contributed by atoms with Crippen LogP contribution in [-0.4, -0.2) is 59.1 Å². The minimum atomic E-state index is -3.04. The highest BCUT2D eigenvalue weighted by molar-refractivity contribution is 7.89. The van der Waals surface area contributed by atoms with E-state index in [9.17, 15) is 8.42 Å². The molecule has 1 aliphatic rings. The fraction of sp³-hybridized carbons (Fsp3) is 0.800. The van der Waals surface area contributed by atoms with Crippen molar-refractivity contribution in [3.63, 3.8) is 0 Å². The Morgan fingerprint density at radius 2 is 2.06 bits per heavy atom. The normalized spacial score (nSPS) is 21.0. The SMILES string of the molecule is CCS(=O)(=O)N1CCN(C(C)c2csnn2)CC1. The van der Waals surface area contributed by atoms with E-state index in [0.717, 1.165) is 18.8 Å². The zero-order valence-corrected chi connectivity index (χ0v) is 12.2. The van der Waals surface area contributed by atoms with Gasteiger partial charge in [0, 0.05) is 31.6 Å². The summed E-state index contributed by atoms with van der Waals surface area (Å²) in [7, 11) is -3.04. The third-order valence-electron chi connectivity index (χ3n) is 3.38. The first-order valence-corrected chi connectivity index (χ1v) is 8.48. The molecule has 0 N–H and O–H groups in total. The molecule has 1 atom stereocenters. The van der Waals surface area contributed by atoms with Gasteiger partial charge in [-0.25, -0.2) is 8.42 Å². The van der Waals surface area contributed by atoms with Crippen molar-refractivity contribution in [3.8, 4) is 0 Å². The molecule has 1 saturated heterocycles. The number of piperazine rings is 1. The fourth-order valence-electron chi connectivity index (χ4n) is 2.09. The summed E-state index contributed by atoms with van der Waals surface area (Å²) in [4.78, 5) is 2.25. The van der Waals surface area contributed by atoms with Crippen LogP contribution in [0.1, 0.15) is 25.6 Å². The molecule has 0 saturated carbocycles. The van der Waals surface area contributed by atoms with Crippen LogP contribution in [-0.2, 0) is 10.0 Å². The highest BCUT2D eigenvalue weighted by atomic mass is 32.2. The van der Waals surface area contributed by atoms with E-state index in [4.69, 9.17) is 0 Å². The average Bonchev–Trinajstić information content (AvgIpc) is 2.92. The Balaban J connectivity index is 1.95. The topological polar surface area (TPSA) is 66.4 Å². The highest BCUT2D eigenvalue weighted by Crippen LogP contribution is 2.21. The van der Waals surface area contributed by atoms with E-state index in [-0.39, 0.29) is 11.8 Å². The highest BCUT2D eigenvalue weighted by Gasteiger charge is 2.28. The Kier molecular flexibility index (Phi) is 4.31. The summed E-state index contributed by atoms with van der Waals surface area (Å²) in [6.45, 7) is 6.40.